The maximum absolute atomic E-state index is 13.1. The van der Waals surface area contributed by atoms with Gasteiger partial charge in [0.2, 0.25) is 0 Å². The van der Waals surface area contributed by atoms with Crippen molar-refractivity contribution in [3.8, 4) is 11.5 Å². The first-order chi connectivity index (χ1) is 16.5. The van der Waals surface area contributed by atoms with E-state index in [9.17, 15) is 14.7 Å². The van der Waals surface area contributed by atoms with E-state index in [0.717, 1.165) is 0 Å². The first-order valence-corrected chi connectivity index (χ1v) is 11.0. The van der Waals surface area contributed by atoms with Crippen LogP contribution in [0.2, 0.25) is 0 Å². The van der Waals surface area contributed by atoms with Crippen LogP contribution >= 0.6 is 0 Å². The van der Waals surface area contributed by atoms with Gasteiger partial charge in [0.25, 0.3) is 11.7 Å². The second-order valence-electron chi connectivity index (χ2n) is 7.63. The lowest BCUT2D eigenvalue weighted by molar-refractivity contribution is -0.140. The van der Waals surface area contributed by atoms with Gasteiger partial charge in [-0.15, -0.1) is 0 Å². The molecule has 7 nitrogen and oxygen atoms in total. The van der Waals surface area contributed by atoms with E-state index in [1.165, 1.54) is 4.90 Å². The largest absolute Gasteiger partial charge is 0.507 e. The minimum atomic E-state index is -0.734. The van der Waals surface area contributed by atoms with Gasteiger partial charge >= 0.3 is 0 Å². The molecule has 1 atom stereocenters. The van der Waals surface area contributed by atoms with Crippen molar-refractivity contribution in [2.24, 2.45) is 0 Å². The van der Waals surface area contributed by atoms with Crippen LogP contribution in [0.3, 0.4) is 0 Å². The highest BCUT2D eigenvalue weighted by molar-refractivity contribution is 6.46. The maximum Gasteiger partial charge on any atom is 0.295 e. The molecule has 1 aliphatic rings. The predicted octanol–water partition coefficient (Wildman–Crippen LogP) is 4.27. The standard InChI is InChI=1S/C27H29NO6/c1-4-16-33-21-11-7-19(8-12-21)24-23(26(30)27(31)28(24)15-6-18-32-3)25(29)20-9-13-22(14-10-20)34-17-5-2/h4-5,7-14,24,29H,1-2,6,15-18H2,3H3/b25-23-. The second kappa shape index (κ2) is 11.9. The quantitative estimate of drug-likeness (QED) is 0.166. The number of amides is 1. The fourth-order valence-electron chi connectivity index (χ4n) is 3.76. The van der Waals surface area contributed by atoms with Crippen LogP contribution in [0.15, 0.2) is 79.4 Å². The number of ketones is 1. The van der Waals surface area contributed by atoms with Crippen molar-refractivity contribution in [2.45, 2.75) is 12.5 Å². The summed E-state index contributed by atoms with van der Waals surface area (Å²) < 4.78 is 16.1. The number of carbonyl (C=O) groups excluding carboxylic acids is 2. The van der Waals surface area contributed by atoms with E-state index in [1.807, 2.05) is 0 Å². The Morgan fingerprint density at radius 3 is 2.06 bits per heavy atom. The Kier molecular flexibility index (Phi) is 8.65. The Bertz CT molecular complexity index is 1060. The number of likely N-dealkylation sites (tertiary alicyclic amines) is 1. The fraction of sp³-hybridized carbons (Fsp3) is 0.259. The Morgan fingerprint density at radius 1 is 0.971 bits per heavy atom. The van der Waals surface area contributed by atoms with E-state index in [0.29, 0.717) is 55.4 Å². The summed E-state index contributed by atoms with van der Waals surface area (Å²) >= 11 is 0. The van der Waals surface area contributed by atoms with Gasteiger partial charge in [-0.2, -0.15) is 0 Å². The minimum absolute atomic E-state index is 0.0435. The van der Waals surface area contributed by atoms with E-state index < -0.39 is 17.7 Å². The molecule has 0 aliphatic carbocycles. The fourth-order valence-corrected chi connectivity index (χ4v) is 3.76. The molecule has 1 N–H and O–H groups in total. The molecule has 0 aromatic heterocycles. The van der Waals surface area contributed by atoms with Gasteiger partial charge < -0.3 is 24.2 Å². The molecule has 0 bridgehead atoms. The Morgan fingerprint density at radius 2 is 1.53 bits per heavy atom. The average molecular weight is 464 g/mol. The third-order valence-electron chi connectivity index (χ3n) is 5.35. The third kappa shape index (κ3) is 5.55. The van der Waals surface area contributed by atoms with E-state index in [2.05, 4.69) is 13.2 Å². The Balaban J connectivity index is 2.01. The Labute approximate surface area is 199 Å². The van der Waals surface area contributed by atoms with Gasteiger partial charge in [0.1, 0.15) is 30.5 Å². The molecule has 0 spiro atoms. The molecular weight excluding hydrogens is 434 g/mol. The molecule has 34 heavy (non-hydrogen) atoms. The molecule has 1 unspecified atom stereocenters. The monoisotopic (exact) mass is 463 g/mol. The SMILES string of the molecule is C=CCOc1ccc(/C(O)=C2/C(=O)C(=O)N(CCCOC)C2c2ccc(OCC=C)cc2)cc1. The number of ether oxygens (including phenoxy) is 3. The third-order valence-corrected chi connectivity index (χ3v) is 5.35. The van der Waals surface area contributed by atoms with Gasteiger partial charge in [-0.1, -0.05) is 37.4 Å². The van der Waals surface area contributed by atoms with E-state index in [4.69, 9.17) is 14.2 Å². The molecule has 2 aromatic carbocycles. The summed E-state index contributed by atoms with van der Waals surface area (Å²) in [7, 11) is 1.58. The lowest BCUT2D eigenvalue weighted by Crippen LogP contribution is -2.31. The maximum atomic E-state index is 13.1. The summed E-state index contributed by atoms with van der Waals surface area (Å²) in [4.78, 5) is 27.5. The van der Waals surface area contributed by atoms with E-state index in [-0.39, 0.29) is 11.3 Å². The zero-order chi connectivity index (χ0) is 24.5. The molecule has 1 heterocycles. The number of hydrogen-bond acceptors (Lipinski definition) is 6. The van der Waals surface area contributed by atoms with Crippen molar-refractivity contribution in [1.82, 2.24) is 4.90 Å². The number of carbonyl (C=O) groups is 2. The number of nitrogens with zero attached hydrogens (tertiary/aromatic N) is 1. The molecule has 1 amide bonds. The van der Waals surface area contributed by atoms with Crippen molar-refractivity contribution >= 4 is 17.4 Å². The Hall–Kier alpha value is -3.84. The van der Waals surface area contributed by atoms with Gasteiger partial charge in [-0.25, -0.2) is 0 Å². The first kappa shape index (κ1) is 24.8. The molecule has 0 radical (unpaired) electrons. The van der Waals surface area contributed by atoms with Crippen molar-refractivity contribution in [2.75, 3.05) is 33.5 Å². The molecule has 1 fully saturated rings. The van der Waals surface area contributed by atoms with Gasteiger partial charge in [0.05, 0.1) is 11.6 Å². The summed E-state index contributed by atoms with van der Waals surface area (Å²) in [6.07, 6.45) is 3.83. The van der Waals surface area contributed by atoms with E-state index in [1.54, 1.807) is 67.8 Å². The predicted molar refractivity (Wildman–Crippen MR) is 130 cm³/mol. The molecule has 1 saturated heterocycles. The van der Waals surface area contributed by atoms with Crippen LogP contribution in [0.5, 0.6) is 11.5 Å². The number of Topliss-reactive ketones (excluding diaryl/α,β-unsaturated/α-hetero) is 1. The normalized spacial score (nSPS) is 17.0. The van der Waals surface area contributed by atoms with Gasteiger partial charge in [-0.05, 0) is 48.4 Å². The van der Waals surface area contributed by atoms with Gasteiger partial charge in [-0.3, -0.25) is 9.59 Å². The number of benzene rings is 2. The van der Waals surface area contributed by atoms with E-state index >= 15 is 0 Å². The highest BCUT2D eigenvalue weighted by atomic mass is 16.5. The number of aliphatic hydroxyl groups is 1. The van der Waals surface area contributed by atoms with Crippen LogP contribution < -0.4 is 9.47 Å². The molecule has 3 rings (SSSR count). The minimum Gasteiger partial charge on any atom is -0.507 e. The molecule has 0 saturated carbocycles. The van der Waals surface area contributed by atoms with Gasteiger partial charge in [0.15, 0.2) is 0 Å². The van der Waals surface area contributed by atoms with Gasteiger partial charge in [0, 0.05) is 25.8 Å². The summed E-state index contributed by atoms with van der Waals surface area (Å²) in [5, 5.41) is 11.1. The highest BCUT2D eigenvalue weighted by Gasteiger charge is 2.45. The highest BCUT2D eigenvalue weighted by Crippen LogP contribution is 2.40. The topological polar surface area (TPSA) is 85.3 Å². The molecule has 1 aliphatic heterocycles. The van der Waals surface area contributed by atoms with Crippen molar-refractivity contribution in [1.29, 1.82) is 0 Å². The number of methoxy groups -OCH3 is 1. The molecular formula is C27H29NO6. The summed E-state index contributed by atoms with van der Waals surface area (Å²) in [6.45, 7) is 8.71. The zero-order valence-corrected chi connectivity index (χ0v) is 19.2. The van der Waals surface area contributed by atoms with Crippen LogP contribution in [0.25, 0.3) is 5.76 Å². The van der Waals surface area contributed by atoms with Crippen molar-refractivity contribution < 1.29 is 28.9 Å². The molecule has 178 valence electrons. The summed E-state index contributed by atoms with van der Waals surface area (Å²) in [5.41, 5.74) is 1.15. The van der Waals surface area contributed by atoms with Crippen molar-refractivity contribution in [3.63, 3.8) is 0 Å². The zero-order valence-electron chi connectivity index (χ0n) is 19.2. The smallest absolute Gasteiger partial charge is 0.295 e. The number of rotatable bonds is 12. The van der Waals surface area contributed by atoms with Crippen LogP contribution in [-0.4, -0.2) is 55.2 Å². The molecule has 2 aromatic rings. The summed E-state index contributed by atoms with van der Waals surface area (Å²) in [5.74, 6) is -0.377. The number of aliphatic hydroxyl groups excluding tert-OH is 1. The molecule has 7 heteroatoms. The number of hydrogen-bond donors (Lipinski definition) is 1. The van der Waals surface area contributed by atoms with Crippen molar-refractivity contribution in [3.05, 3.63) is 90.5 Å². The van der Waals surface area contributed by atoms with Crippen LogP contribution in [0.4, 0.5) is 0 Å². The van der Waals surface area contributed by atoms with Crippen LogP contribution in [-0.2, 0) is 14.3 Å². The lowest BCUT2D eigenvalue weighted by Gasteiger charge is -2.25. The first-order valence-electron chi connectivity index (χ1n) is 11.0. The average Bonchev–Trinajstić information content (AvgIpc) is 3.11. The lowest BCUT2D eigenvalue weighted by atomic mass is 9.95. The van der Waals surface area contributed by atoms with Crippen LogP contribution in [0.1, 0.15) is 23.6 Å². The summed E-state index contributed by atoms with van der Waals surface area (Å²) in [6, 6.07) is 13.0. The second-order valence-corrected chi connectivity index (χ2v) is 7.63. The van der Waals surface area contributed by atoms with Crippen LogP contribution in [0, 0.1) is 0 Å².